The van der Waals surface area contributed by atoms with Crippen molar-refractivity contribution in [3.05, 3.63) is 62.0 Å². The molecular formula is C16H16BrCl2NO. The van der Waals surface area contributed by atoms with E-state index in [0.717, 1.165) is 28.7 Å². The highest BCUT2D eigenvalue weighted by molar-refractivity contribution is 9.10. The molecule has 0 heterocycles. The van der Waals surface area contributed by atoms with Gasteiger partial charge in [-0.2, -0.15) is 0 Å². The van der Waals surface area contributed by atoms with Gasteiger partial charge in [0.1, 0.15) is 12.4 Å². The first-order chi connectivity index (χ1) is 10.1. The molecule has 0 unspecified atom stereocenters. The molecule has 0 spiro atoms. The van der Waals surface area contributed by atoms with Crippen LogP contribution in [-0.4, -0.2) is 6.54 Å². The van der Waals surface area contributed by atoms with Crippen LogP contribution in [0.2, 0.25) is 10.0 Å². The Balaban J connectivity index is 2.02. The monoisotopic (exact) mass is 387 g/mol. The van der Waals surface area contributed by atoms with Crippen LogP contribution in [0.3, 0.4) is 0 Å². The van der Waals surface area contributed by atoms with E-state index in [9.17, 15) is 0 Å². The molecule has 0 saturated heterocycles. The summed E-state index contributed by atoms with van der Waals surface area (Å²) in [5.41, 5.74) is 2.06. The van der Waals surface area contributed by atoms with E-state index < -0.39 is 0 Å². The summed E-state index contributed by atoms with van der Waals surface area (Å²) in [7, 11) is 0. The molecule has 0 radical (unpaired) electrons. The predicted octanol–water partition coefficient (Wildman–Crippen LogP) is 5.44. The van der Waals surface area contributed by atoms with E-state index in [4.69, 9.17) is 27.9 Å². The molecule has 2 aromatic carbocycles. The molecule has 0 saturated carbocycles. The van der Waals surface area contributed by atoms with Gasteiger partial charge in [0.15, 0.2) is 0 Å². The van der Waals surface area contributed by atoms with Gasteiger partial charge in [-0.3, -0.25) is 0 Å². The highest BCUT2D eigenvalue weighted by atomic mass is 79.9. The van der Waals surface area contributed by atoms with Crippen molar-refractivity contribution in [3.8, 4) is 5.75 Å². The van der Waals surface area contributed by atoms with Gasteiger partial charge in [-0.15, -0.1) is 0 Å². The zero-order chi connectivity index (χ0) is 15.2. The molecule has 2 nitrogen and oxygen atoms in total. The van der Waals surface area contributed by atoms with Crippen molar-refractivity contribution >= 4 is 39.1 Å². The molecule has 0 fully saturated rings. The summed E-state index contributed by atoms with van der Waals surface area (Å²) in [6.07, 6.45) is 0. The van der Waals surface area contributed by atoms with Crippen LogP contribution in [0.15, 0.2) is 40.9 Å². The van der Waals surface area contributed by atoms with E-state index in [-0.39, 0.29) is 0 Å². The second-order valence-corrected chi connectivity index (χ2v) is 6.30. The van der Waals surface area contributed by atoms with Crippen LogP contribution in [0.5, 0.6) is 5.75 Å². The number of halogens is 3. The maximum Gasteiger partial charge on any atom is 0.138 e. The van der Waals surface area contributed by atoms with Crippen molar-refractivity contribution in [2.24, 2.45) is 0 Å². The molecule has 5 heteroatoms. The minimum absolute atomic E-state index is 0.387. The van der Waals surface area contributed by atoms with E-state index in [2.05, 4.69) is 28.2 Å². The fraction of sp³-hybridized carbons (Fsp3) is 0.250. The van der Waals surface area contributed by atoms with E-state index in [1.807, 2.05) is 36.4 Å². The molecule has 2 rings (SSSR count). The molecule has 21 heavy (non-hydrogen) atoms. The van der Waals surface area contributed by atoms with Crippen molar-refractivity contribution in [3.63, 3.8) is 0 Å². The lowest BCUT2D eigenvalue weighted by Gasteiger charge is -2.11. The summed E-state index contributed by atoms with van der Waals surface area (Å²) >= 11 is 15.8. The summed E-state index contributed by atoms with van der Waals surface area (Å²) in [6, 6.07) is 11.5. The first kappa shape index (κ1) is 16.6. The molecule has 0 aliphatic carbocycles. The quantitative estimate of drug-likeness (QED) is 0.710. The minimum atomic E-state index is 0.387. The van der Waals surface area contributed by atoms with Gasteiger partial charge in [0.25, 0.3) is 0 Å². The Hall–Kier alpha value is -0.740. The van der Waals surface area contributed by atoms with Crippen LogP contribution >= 0.6 is 39.1 Å². The largest absolute Gasteiger partial charge is 0.487 e. The average molecular weight is 389 g/mol. The summed E-state index contributed by atoms with van der Waals surface area (Å²) in [6.45, 7) is 4.19. The minimum Gasteiger partial charge on any atom is -0.487 e. The number of hydrogen-bond acceptors (Lipinski definition) is 2. The molecule has 0 aromatic heterocycles. The maximum absolute atomic E-state index is 6.25. The van der Waals surface area contributed by atoms with E-state index >= 15 is 0 Å². The Morgan fingerprint density at radius 3 is 2.57 bits per heavy atom. The number of nitrogens with one attached hydrogen (secondary N) is 1. The topological polar surface area (TPSA) is 21.3 Å². The molecule has 0 aliphatic rings. The van der Waals surface area contributed by atoms with Crippen molar-refractivity contribution in [1.82, 2.24) is 5.32 Å². The highest BCUT2D eigenvalue weighted by Crippen LogP contribution is 2.28. The van der Waals surface area contributed by atoms with Crippen molar-refractivity contribution in [1.29, 1.82) is 0 Å². The second-order valence-electron chi connectivity index (χ2n) is 4.57. The van der Waals surface area contributed by atoms with Gasteiger partial charge < -0.3 is 10.1 Å². The van der Waals surface area contributed by atoms with Crippen molar-refractivity contribution in [2.45, 2.75) is 20.1 Å². The average Bonchev–Trinajstić information content (AvgIpc) is 2.45. The summed E-state index contributed by atoms with van der Waals surface area (Å²) in [5.74, 6) is 0.663. The number of ether oxygens (including phenoxy) is 1. The standard InChI is InChI=1S/C16H16BrCl2NO/c1-2-20-9-11-3-6-16(15(19)7-11)21-10-12-4-5-13(17)8-14(12)18/h3-8,20H,2,9-10H2,1H3. The van der Waals surface area contributed by atoms with Gasteiger partial charge in [0.2, 0.25) is 0 Å². The maximum atomic E-state index is 6.25. The van der Waals surface area contributed by atoms with Gasteiger partial charge in [-0.25, -0.2) is 0 Å². The predicted molar refractivity (Wildman–Crippen MR) is 92.3 cm³/mol. The Bertz CT molecular complexity index is 619. The molecule has 0 bridgehead atoms. The van der Waals surface area contributed by atoms with Gasteiger partial charge in [-0.1, -0.05) is 58.2 Å². The Morgan fingerprint density at radius 2 is 1.90 bits per heavy atom. The van der Waals surface area contributed by atoms with Crippen LogP contribution in [0.4, 0.5) is 0 Å². The lowest BCUT2D eigenvalue weighted by molar-refractivity contribution is 0.306. The normalized spacial score (nSPS) is 10.7. The Labute approximate surface area is 143 Å². The van der Waals surface area contributed by atoms with Gasteiger partial charge >= 0.3 is 0 Å². The lowest BCUT2D eigenvalue weighted by atomic mass is 10.2. The third kappa shape index (κ3) is 4.89. The number of hydrogen-bond donors (Lipinski definition) is 1. The fourth-order valence-electron chi connectivity index (χ4n) is 1.83. The van der Waals surface area contributed by atoms with Crippen LogP contribution in [0.1, 0.15) is 18.1 Å². The first-order valence-corrected chi connectivity index (χ1v) is 8.21. The van der Waals surface area contributed by atoms with Crippen LogP contribution < -0.4 is 10.1 Å². The van der Waals surface area contributed by atoms with Gasteiger partial charge in [0, 0.05) is 21.6 Å². The third-order valence-corrected chi connectivity index (χ3v) is 4.11. The first-order valence-electron chi connectivity index (χ1n) is 6.66. The Morgan fingerprint density at radius 1 is 1.10 bits per heavy atom. The zero-order valence-electron chi connectivity index (χ0n) is 11.6. The van der Waals surface area contributed by atoms with E-state index in [1.165, 1.54) is 0 Å². The molecule has 2 aromatic rings. The molecule has 0 atom stereocenters. The summed E-state index contributed by atoms with van der Waals surface area (Å²) in [4.78, 5) is 0. The summed E-state index contributed by atoms with van der Waals surface area (Å²) < 4.78 is 6.70. The highest BCUT2D eigenvalue weighted by Gasteiger charge is 2.06. The zero-order valence-corrected chi connectivity index (χ0v) is 14.7. The van der Waals surface area contributed by atoms with Crippen LogP contribution in [0, 0.1) is 0 Å². The summed E-state index contributed by atoms with van der Waals surface area (Å²) in [5, 5.41) is 4.54. The second kappa shape index (κ2) is 8.04. The molecule has 0 aliphatic heterocycles. The Kier molecular flexibility index (Phi) is 6.37. The number of benzene rings is 2. The molecule has 112 valence electrons. The smallest absolute Gasteiger partial charge is 0.138 e. The van der Waals surface area contributed by atoms with Crippen LogP contribution in [0.25, 0.3) is 0 Å². The van der Waals surface area contributed by atoms with Gasteiger partial charge in [-0.05, 0) is 36.4 Å². The lowest BCUT2D eigenvalue weighted by Crippen LogP contribution is -2.11. The van der Waals surface area contributed by atoms with Crippen LogP contribution in [-0.2, 0) is 13.2 Å². The molecular weight excluding hydrogens is 373 g/mol. The van der Waals surface area contributed by atoms with Crippen molar-refractivity contribution < 1.29 is 4.74 Å². The van der Waals surface area contributed by atoms with Gasteiger partial charge in [0.05, 0.1) is 5.02 Å². The SMILES string of the molecule is CCNCc1ccc(OCc2ccc(Br)cc2Cl)c(Cl)c1. The third-order valence-electron chi connectivity index (χ3n) is 2.97. The molecule has 0 amide bonds. The molecule has 1 N–H and O–H groups in total. The fourth-order valence-corrected chi connectivity index (χ4v) is 2.82. The van der Waals surface area contributed by atoms with E-state index in [1.54, 1.807) is 0 Å². The number of rotatable bonds is 6. The van der Waals surface area contributed by atoms with E-state index in [0.29, 0.717) is 22.4 Å². The van der Waals surface area contributed by atoms with Crippen molar-refractivity contribution in [2.75, 3.05) is 6.54 Å².